The summed E-state index contributed by atoms with van der Waals surface area (Å²) >= 11 is 5.80. The Bertz CT molecular complexity index is 835. The molecule has 0 atom stereocenters. The summed E-state index contributed by atoms with van der Waals surface area (Å²) in [5.41, 5.74) is 1.36. The highest BCUT2D eigenvalue weighted by Gasteiger charge is 2.35. The number of pyridine rings is 1. The van der Waals surface area contributed by atoms with Gasteiger partial charge in [0, 0.05) is 31.0 Å². The van der Waals surface area contributed by atoms with Crippen LogP contribution in [0.1, 0.15) is 18.4 Å². The zero-order chi connectivity index (χ0) is 19.4. The predicted molar refractivity (Wildman–Crippen MR) is 101 cm³/mol. The second-order valence-corrected chi connectivity index (χ2v) is 6.80. The summed E-state index contributed by atoms with van der Waals surface area (Å²) in [6, 6.07) is 7.95. The lowest BCUT2D eigenvalue weighted by atomic mass is 9.81. The zero-order valence-corrected chi connectivity index (χ0v) is 15.7. The highest BCUT2D eigenvalue weighted by Crippen LogP contribution is 2.30. The highest BCUT2D eigenvalue weighted by molar-refractivity contribution is 6.30. The largest absolute Gasteiger partial charge is 0.439 e. The van der Waals surface area contributed by atoms with Crippen molar-refractivity contribution < 1.29 is 19.1 Å². The summed E-state index contributed by atoms with van der Waals surface area (Å²) in [7, 11) is 1.62. The Morgan fingerprint density at radius 2 is 2.00 bits per heavy atom. The van der Waals surface area contributed by atoms with E-state index in [1.165, 1.54) is 6.20 Å². The minimum absolute atomic E-state index is 0.106. The van der Waals surface area contributed by atoms with Crippen molar-refractivity contribution in [2.24, 2.45) is 5.92 Å². The number of aromatic nitrogens is 1. The first-order valence-corrected chi connectivity index (χ1v) is 8.87. The number of imide groups is 1. The Kier molecular flexibility index (Phi) is 5.93. The van der Waals surface area contributed by atoms with Crippen LogP contribution in [0.3, 0.4) is 0 Å². The van der Waals surface area contributed by atoms with Gasteiger partial charge in [-0.05, 0) is 49.6 Å². The summed E-state index contributed by atoms with van der Waals surface area (Å²) in [6.07, 6.45) is 2.88. The number of rotatable bonds is 5. The topological polar surface area (TPSA) is 89.5 Å². The number of hydrogen-bond acceptors (Lipinski definition) is 5. The van der Waals surface area contributed by atoms with E-state index in [0.29, 0.717) is 35.2 Å². The molecule has 1 fully saturated rings. The van der Waals surface area contributed by atoms with Crippen LogP contribution in [0.4, 0.5) is 10.5 Å². The monoisotopic (exact) mass is 389 g/mol. The number of urea groups is 1. The molecule has 1 aromatic carbocycles. The third-order valence-electron chi connectivity index (χ3n) is 4.38. The van der Waals surface area contributed by atoms with Crippen molar-refractivity contribution in [3.8, 4) is 11.6 Å². The van der Waals surface area contributed by atoms with Gasteiger partial charge in [-0.1, -0.05) is 11.6 Å². The van der Waals surface area contributed by atoms with Crippen LogP contribution in [-0.4, -0.2) is 30.1 Å². The number of amides is 3. The van der Waals surface area contributed by atoms with Crippen molar-refractivity contribution in [1.82, 2.24) is 10.3 Å². The van der Waals surface area contributed by atoms with E-state index in [1.807, 2.05) is 6.92 Å². The number of aryl methyl sites for hydroxylation is 1. The Hall–Kier alpha value is -2.64. The van der Waals surface area contributed by atoms with Crippen LogP contribution in [0.5, 0.6) is 11.6 Å². The molecule has 1 aliphatic rings. The second-order valence-electron chi connectivity index (χ2n) is 6.37. The van der Waals surface area contributed by atoms with E-state index in [2.05, 4.69) is 15.6 Å². The van der Waals surface area contributed by atoms with Gasteiger partial charge in [0.05, 0.1) is 11.1 Å². The molecule has 0 aliphatic heterocycles. The average molecular weight is 390 g/mol. The Morgan fingerprint density at radius 3 is 2.63 bits per heavy atom. The van der Waals surface area contributed by atoms with Gasteiger partial charge in [-0.2, -0.15) is 0 Å². The molecule has 27 heavy (non-hydrogen) atoms. The number of nitrogens with one attached hydrogen (secondary N) is 2. The van der Waals surface area contributed by atoms with E-state index in [-0.39, 0.29) is 17.9 Å². The molecule has 2 N–H and O–H groups in total. The maximum atomic E-state index is 12.0. The van der Waals surface area contributed by atoms with Gasteiger partial charge in [-0.25, -0.2) is 9.78 Å². The van der Waals surface area contributed by atoms with Crippen molar-refractivity contribution in [3.05, 3.63) is 47.1 Å². The average Bonchev–Trinajstić information content (AvgIpc) is 2.58. The molecule has 1 heterocycles. The summed E-state index contributed by atoms with van der Waals surface area (Å²) < 4.78 is 10.8. The fourth-order valence-electron chi connectivity index (χ4n) is 2.73. The first kappa shape index (κ1) is 19.1. The Morgan fingerprint density at radius 1 is 1.22 bits per heavy atom. The standard InChI is InChI=1S/C19H20ClN3O4/c1-11-7-14(4-5-16(11)27-17-6-3-13(20)10-21-17)22-19(25)23-18(24)12-8-15(9-12)26-2/h3-7,10,12,15H,8-9H2,1-2H3,(H2,22,23,24,25). The lowest BCUT2D eigenvalue weighted by Crippen LogP contribution is -2.45. The van der Waals surface area contributed by atoms with Crippen LogP contribution in [0.15, 0.2) is 36.5 Å². The van der Waals surface area contributed by atoms with Gasteiger partial charge in [0.1, 0.15) is 5.75 Å². The maximum Gasteiger partial charge on any atom is 0.325 e. The Balaban J connectivity index is 1.54. The van der Waals surface area contributed by atoms with Gasteiger partial charge in [-0.15, -0.1) is 0 Å². The molecule has 3 amide bonds. The molecule has 1 aromatic heterocycles. The second kappa shape index (κ2) is 8.37. The van der Waals surface area contributed by atoms with Crippen molar-refractivity contribution in [3.63, 3.8) is 0 Å². The molecule has 3 rings (SSSR count). The first-order valence-electron chi connectivity index (χ1n) is 8.49. The van der Waals surface area contributed by atoms with Gasteiger partial charge in [-0.3, -0.25) is 10.1 Å². The van der Waals surface area contributed by atoms with Crippen molar-refractivity contribution >= 4 is 29.2 Å². The maximum absolute atomic E-state index is 12.0. The van der Waals surface area contributed by atoms with Gasteiger partial charge in [0.15, 0.2) is 0 Å². The van der Waals surface area contributed by atoms with E-state index in [4.69, 9.17) is 21.1 Å². The molecule has 7 nitrogen and oxygen atoms in total. The molecule has 0 unspecified atom stereocenters. The highest BCUT2D eigenvalue weighted by atomic mass is 35.5. The predicted octanol–water partition coefficient (Wildman–Crippen LogP) is 3.91. The smallest absolute Gasteiger partial charge is 0.325 e. The van der Waals surface area contributed by atoms with Crippen LogP contribution in [-0.2, 0) is 9.53 Å². The Labute approximate surface area is 162 Å². The molecule has 8 heteroatoms. The summed E-state index contributed by atoms with van der Waals surface area (Å²) in [6.45, 7) is 1.85. The van der Waals surface area contributed by atoms with Crippen LogP contribution >= 0.6 is 11.6 Å². The van der Waals surface area contributed by atoms with Crippen LogP contribution in [0.25, 0.3) is 0 Å². The normalized spacial score (nSPS) is 18.3. The van der Waals surface area contributed by atoms with Crippen molar-refractivity contribution in [2.45, 2.75) is 25.9 Å². The number of anilines is 1. The fraction of sp³-hybridized carbons (Fsp3) is 0.316. The molecular formula is C19H20ClN3O4. The van der Waals surface area contributed by atoms with E-state index >= 15 is 0 Å². The van der Waals surface area contributed by atoms with E-state index in [0.717, 1.165) is 5.56 Å². The lowest BCUT2D eigenvalue weighted by Gasteiger charge is -2.32. The van der Waals surface area contributed by atoms with E-state index in [9.17, 15) is 9.59 Å². The summed E-state index contributed by atoms with van der Waals surface area (Å²) in [5, 5.41) is 5.53. The molecule has 142 valence electrons. The number of carbonyl (C=O) groups is 2. The minimum Gasteiger partial charge on any atom is -0.439 e. The first-order chi connectivity index (χ1) is 12.9. The molecule has 1 saturated carbocycles. The molecule has 2 aromatic rings. The number of ether oxygens (including phenoxy) is 2. The molecule has 1 aliphatic carbocycles. The van der Waals surface area contributed by atoms with Crippen molar-refractivity contribution in [2.75, 3.05) is 12.4 Å². The van der Waals surface area contributed by atoms with Crippen LogP contribution in [0.2, 0.25) is 5.02 Å². The van der Waals surface area contributed by atoms with E-state index < -0.39 is 6.03 Å². The lowest BCUT2D eigenvalue weighted by molar-refractivity contribution is -0.131. The minimum atomic E-state index is -0.562. The molecule has 0 bridgehead atoms. The molecular weight excluding hydrogens is 370 g/mol. The number of hydrogen-bond donors (Lipinski definition) is 2. The number of carbonyl (C=O) groups excluding carboxylic acids is 2. The molecule has 0 spiro atoms. The quantitative estimate of drug-likeness (QED) is 0.809. The summed E-state index contributed by atoms with van der Waals surface area (Å²) in [5.74, 6) is 0.560. The third kappa shape index (κ3) is 4.96. The SMILES string of the molecule is COC1CC(C(=O)NC(=O)Nc2ccc(Oc3ccc(Cl)cn3)c(C)c2)C1. The summed E-state index contributed by atoms with van der Waals surface area (Å²) in [4.78, 5) is 28.1. The van der Waals surface area contributed by atoms with Gasteiger partial charge >= 0.3 is 6.03 Å². The molecule has 0 radical (unpaired) electrons. The van der Waals surface area contributed by atoms with Gasteiger partial charge < -0.3 is 14.8 Å². The number of nitrogens with zero attached hydrogens (tertiary/aromatic N) is 1. The molecule has 0 saturated heterocycles. The van der Waals surface area contributed by atoms with Crippen molar-refractivity contribution in [1.29, 1.82) is 0 Å². The number of benzene rings is 1. The van der Waals surface area contributed by atoms with E-state index in [1.54, 1.807) is 37.4 Å². The van der Waals surface area contributed by atoms with Gasteiger partial charge in [0.2, 0.25) is 11.8 Å². The van der Waals surface area contributed by atoms with Crippen LogP contribution < -0.4 is 15.4 Å². The third-order valence-corrected chi connectivity index (χ3v) is 4.61. The zero-order valence-electron chi connectivity index (χ0n) is 15.0. The van der Waals surface area contributed by atoms with Gasteiger partial charge in [0.25, 0.3) is 0 Å². The number of methoxy groups -OCH3 is 1. The van der Waals surface area contributed by atoms with Crippen LogP contribution in [0, 0.1) is 12.8 Å². The number of halogens is 1. The fourth-order valence-corrected chi connectivity index (χ4v) is 2.84.